The maximum absolute atomic E-state index is 12.5. The van der Waals surface area contributed by atoms with Gasteiger partial charge in [0.25, 0.3) is 5.91 Å². The highest BCUT2D eigenvalue weighted by Gasteiger charge is 2.16. The summed E-state index contributed by atoms with van der Waals surface area (Å²) in [6, 6.07) is 12.5. The predicted octanol–water partition coefficient (Wildman–Crippen LogP) is 4.56. The molecule has 0 aliphatic carbocycles. The van der Waals surface area contributed by atoms with Gasteiger partial charge in [0, 0.05) is 35.1 Å². The highest BCUT2D eigenvalue weighted by Crippen LogP contribution is 2.25. The zero-order chi connectivity index (χ0) is 18.2. The number of carbonyl (C=O) groups is 1. The molecule has 0 atom stereocenters. The normalized spacial score (nSPS) is 11.1. The molecule has 0 saturated heterocycles. The number of furan rings is 1. The molecular formula is C19H12N4O3S. The summed E-state index contributed by atoms with van der Waals surface area (Å²) < 4.78 is 12.4. The van der Waals surface area contributed by atoms with Gasteiger partial charge < -0.3 is 14.3 Å². The van der Waals surface area contributed by atoms with Gasteiger partial charge in [-0.1, -0.05) is 17.3 Å². The van der Waals surface area contributed by atoms with Crippen LogP contribution in [-0.2, 0) is 0 Å². The Bertz CT molecular complexity index is 1200. The molecule has 0 aliphatic heterocycles. The number of thiazole rings is 1. The molecule has 8 heteroatoms. The first-order valence-electron chi connectivity index (χ1n) is 8.11. The first-order chi connectivity index (χ1) is 13.3. The minimum atomic E-state index is -0.362. The van der Waals surface area contributed by atoms with E-state index in [0.29, 0.717) is 17.2 Å². The smallest absolute Gasteiger partial charge is 0.277 e. The number of rotatable bonds is 4. The molecule has 1 amide bonds. The Labute approximate surface area is 156 Å². The van der Waals surface area contributed by atoms with Crippen LogP contribution in [0.15, 0.2) is 75.4 Å². The van der Waals surface area contributed by atoms with Crippen LogP contribution in [0.1, 0.15) is 10.5 Å². The first-order valence-corrected chi connectivity index (χ1v) is 8.99. The third-order valence-corrected chi connectivity index (χ3v) is 4.79. The molecule has 0 fully saturated rings. The molecule has 0 saturated carbocycles. The van der Waals surface area contributed by atoms with E-state index >= 15 is 0 Å². The van der Waals surface area contributed by atoms with Crippen LogP contribution in [0, 0.1) is 0 Å². The summed E-state index contributed by atoms with van der Waals surface area (Å²) in [6.45, 7) is 0. The van der Waals surface area contributed by atoms with Crippen molar-refractivity contribution in [2.75, 3.05) is 5.32 Å². The number of hydrogen-bond acceptors (Lipinski definition) is 6. The lowest BCUT2D eigenvalue weighted by Crippen LogP contribution is -2.12. The summed E-state index contributed by atoms with van der Waals surface area (Å²) in [5.41, 5.74) is 2.59. The van der Waals surface area contributed by atoms with Crippen molar-refractivity contribution in [3.05, 3.63) is 72.2 Å². The van der Waals surface area contributed by atoms with E-state index in [1.807, 2.05) is 46.4 Å². The van der Waals surface area contributed by atoms with E-state index in [4.69, 9.17) is 8.94 Å². The zero-order valence-electron chi connectivity index (χ0n) is 13.8. The van der Waals surface area contributed by atoms with Crippen molar-refractivity contribution < 1.29 is 13.7 Å². The number of imidazole rings is 1. The van der Waals surface area contributed by atoms with Crippen molar-refractivity contribution in [2.24, 2.45) is 0 Å². The van der Waals surface area contributed by atoms with Crippen molar-refractivity contribution in [3.8, 4) is 22.8 Å². The molecule has 4 heterocycles. The molecule has 1 aromatic carbocycles. The van der Waals surface area contributed by atoms with Gasteiger partial charge in [-0.15, -0.1) is 11.3 Å². The Morgan fingerprint density at radius 3 is 2.96 bits per heavy atom. The quantitative estimate of drug-likeness (QED) is 0.497. The standard InChI is InChI=1S/C19H12N4O3S/c24-18(14-10-17(26-22-14)16-5-2-7-25-16)20-13-4-1-3-12(9-13)15-11-23-6-8-27-19(23)21-15/h1-11H,(H,20,24). The van der Waals surface area contributed by atoms with Crippen LogP contribution in [0.3, 0.4) is 0 Å². The summed E-state index contributed by atoms with van der Waals surface area (Å²) in [5, 5.41) is 8.62. The van der Waals surface area contributed by atoms with Crippen LogP contribution < -0.4 is 5.32 Å². The van der Waals surface area contributed by atoms with Crippen molar-refractivity contribution in [2.45, 2.75) is 0 Å². The second-order valence-corrected chi connectivity index (χ2v) is 6.68. The van der Waals surface area contributed by atoms with E-state index in [2.05, 4.69) is 15.5 Å². The summed E-state index contributed by atoms with van der Waals surface area (Å²) in [5.74, 6) is 0.555. The Morgan fingerprint density at radius 2 is 2.11 bits per heavy atom. The fourth-order valence-corrected chi connectivity index (χ4v) is 3.44. The molecule has 0 spiro atoms. The Balaban J connectivity index is 1.37. The molecule has 5 rings (SSSR count). The third-order valence-electron chi connectivity index (χ3n) is 4.02. The maximum atomic E-state index is 12.5. The van der Waals surface area contributed by atoms with Crippen LogP contribution in [0.2, 0.25) is 0 Å². The van der Waals surface area contributed by atoms with Crippen LogP contribution in [-0.4, -0.2) is 20.4 Å². The number of amides is 1. The average molecular weight is 376 g/mol. The number of nitrogens with one attached hydrogen (secondary N) is 1. The second kappa shape index (κ2) is 6.26. The lowest BCUT2D eigenvalue weighted by Gasteiger charge is -2.04. The maximum Gasteiger partial charge on any atom is 0.277 e. The van der Waals surface area contributed by atoms with Crippen LogP contribution in [0.4, 0.5) is 5.69 Å². The van der Waals surface area contributed by atoms with E-state index < -0.39 is 0 Å². The fraction of sp³-hybridized carbons (Fsp3) is 0. The molecule has 0 aliphatic rings. The van der Waals surface area contributed by atoms with Gasteiger partial charge in [0.15, 0.2) is 16.4 Å². The first kappa shape index (κ1) is 15.6. The lowest BCUT2D eigenvalue weighted by atomic mass is 10.1. The third kappa shape index (κ3) is 2.91. The van der Waals surface area contributed by atoms with Crippen LogP contribution in [0.5, 0.6) is 0 Å². The highest BCUT2D eigenvalue weighted by molar-refractivity contribution is 7.15. The Hall–Kier alpha value is -3.65. The van der Waals surface area contributed by atoms with Crippen molar-refractivity contribution in [1.82, 2.24) is 14.5 Å². The van der Waals surface area contributed by atoms with E-state index in [0.717, 1.165) is 16.2 Å². The van der Waals surface area contributed by atoms with E-state index in [9.17, 15) is 4.79 Å². The van der Waals surface area contributed by atoms with Gasteiger partial charge in [-0.3, -0.25) is 9.20 Å². The number of fused-ring (bicyclic) bond motifs is 1. The number of carbonyl (C=O) groups excluding carboxylic acids is 1. The molecule has 4 aromatic heterocycles. The van der Waals surface area contributed by atoms with E-state index in [-0.39, 0.29) is 11.6 Å². The van der Waals surface area contributed by atoms with E-state index in [1.54, 1.807) is 29.5 Å². The minimum absolute atomic E-state index is 0.175. The predicted molar refractivity (Wildman–Crippen MR) is 101 cm³/mol. The summed E-state index contributed by atoms with van der Waals surface area (Å²) in [7, 11) is 0. The molecule has 1 N–H and O–H groups in total. The zero-order valence-corrected chi connectivity index (χ0v) is 14.6. The summed E-state index contributed by atoms with van der Waals surface area (Å²) in [6.07, 6.45) is 5.45. The molecule has 132 valence electrons. The van der Waals surface area contributed by atoms with Gasteiger partial charge in [-0.05, 0) is 24.3 Å². The topological polar surface area (TPSA) is 85.6 Å². The second-order valence-electron chi connectivity index (χ2n) is 5.81. The van der Waals surface area contributed by atoms with Gasteiger partial charge >= 0.3 is 0 Å². The Kier molecular flexibility index (Phi) is 3.61. The van der Waals surface area contributed by atoms with Crippen molar-refractivity contribution in [1.29, 1.82) is 0 Å². The number of aromatic nitrogens is 3. The molecular weight excluding hydrogens is 364 g/mol. The van der Waals surface area contributed by atoms with Gasteiger partial charge in [-0.2, -0.15) is 0 Å². The Morgan fingerprint density at radius 1 is 1.15 bits per heavy atom. The molecule has 5 aromatic rings. The van der Waals surface area contributed by atoms with Gasteiger partial charge in [0.1, 0.15) is 0 Å². The molecule has 0 radical (unpaired) electrons. The molecule has 0 bridgehead atoms. The monoisotopic (exact) mass is 376 g/mol. The summed E-state index contributed by atoms with van der Waals surface area (Å²) >= 11 is 1.57. The summed E-state index contributed by atoms with van der Waals surface area (Å²) in [4.78, 5) is 18.0. The van der Waals surface area contributed by atoms with Crippen molar-refractivity contribution in [3.63, 3.8) is 0 Å². The number of benzene rings is 1. The largest absolute Gasteiger partial charge is 0.461 e. The van der Waals surface area contributed by atoms with Gasteiger partial charge in [-0.25, -0.2) is 4.98 Å². The van der Waals surface area contributed by atoms with Gasteiger partial charge in [0.2, 0.25) is 5.76 Å². The van der Waals surface area contributed by atoms with Crippen LogP contribution in [0.25, 0.3) is 27.7 Å². The average Bonchev–Trinajstić information content (AvgIpc) is 3.45. The minimum Gasteiger partial charge on any atom is -0.461 e. The molecule has 0 unspecified atom stereocenters. The number of anilines is 1. The van der Waals surface area contributed by atoms with Crippen LogP contribution >= 0.6 is 11.3 Å². The number of hydrogen-bond donors (Lipinski definition) is 1. The highest BCUT2D eigenvalue weighted by atomic mass is 32.1. The fourth-order valence-electron chi connectivity index (χ4n) is 2.74. The van der Waals surface area contributed by atoms with Crippen molar-refractivity contribution >= 4 is 27.9 Å². The molecule has 27 heavy (non-hydrogen) atoms. The molecule has 7 nitrogen and oxygen atoms in total. The van der Waals surface area contributed by atoms with Gasteiger partial charge in [0.05, 0.1) is 12.0 Å². The van der Waals surface area contributed by atoms with E-state index in [1.165, 1.54) is 6.26 Å². The SMILES string of the molecule is O=C(Nc1cccc(-c2cn3ccsc3n2)c1)c1cc(-c2ccco2)on1. The number of nitrogens with zero attached hydrogens (tertiary/aromatic N) is 3. The lowest BCUT2D eigenvalue weighted by molar-refractivity contribution is 0.101.